The summed E-state index contributed by atoms with van der Waals surface area (Å²) in [6, 6.07) is 4.15. The highest BCUT2D eigenvalue weighted by Crippen LogP contribution is 2.59. The summed E-state index contributed by atoms with van der Waals surface area (Å²) in [5.41, 5.74) is 4.04. The quantitative estimate of drug-likeness (QED) is 0.211. The Hall–Kier alpha value is -0.880. The molecule has 31 heavy (non-hydrogen) atoms. The number of aryl methyl sites for hydroxylation is 3. The largest absolute Gasteiger partial charge is 0.315 e. The highest BCUT2D eigenvalue weighted by Gasteiger charge is 2.41. The van der Waals surface area contributed by atoms with E-state index in [0.717, 1.165) is 55.2 Å². The average molecular weight is 447 g/mol. The summed E-state index contributed by atoms with van der Waals surface area (Å²) in [4.78, 5) is 13.7. The van der Waals surface area contributed by atoms with Gasteiger partial charge in [0.1, 0.15) is 0 Å². The summed E-state index contributed by atoms with van der Waals surface area (Å²) in [5.74, 6) is 0. The molecular weight excluding hydrogens is 399 g/mol. The smallest absolute Gasteiger partial charge is 0.222 e. The number of hydrogen-bond donors (Lipinski definition) is 0. The Labute approximate surface area is 192 Å². The van der Waals surface area contributed by atoms with E-state index in [1.165, 1.54) is 63.4 Å². The summed E-state index contributed by atoms with van der Waals surface area (Å²) in [6.07, 6.45) is 18.7. The van der Waals surface area contributed by atoms with Crippen LogP contribution < -0.4 is 0 Å². The fourth-order valence-corrected chi connectivity index (χ4v) is 9.01. The molecule has 0 aliphatic heterocycles. The standard InChI is InChI=1S/C28H47O2P/c1-5-6-7-8-9-10-11-12-13-17-20-31(30,26-18-15-14-16-19-26)28(29)27-24(3)21-23(2)22-25(27)4/h21-22,26H,5-20H2,1-4H3. The van der Waals surface area contributed by atoms with E-state index in [1.807, 2.05) is 13.8 Å². The fourth-order valence-electron chi connectivity index (χ4n) is 5.49. The maximum atomic E-state index is 14.3. The molecule has 3 heteroatoms. The first kappa shape index (κ1) is 26.4. The van der Waals surface area contributed by atoms with E-state index in [2.05, 4.69) is 26.0 Å². The van der Waals surface area contributed by atoms with Gasteiger partial charge in [0.2, 0.25) is 5.52 Å². The third-order valence-corrected chi connectivity index (χ3v) is 10.8. The highest BCUT2D eigenvalue weighted by molar-refractivity contribution is 7.81. The second kappa shape index (κ2) is 13.6. The molecule has 0 bridgehead atoms. The van der Waals surface area contributed by atoms with E-state index in [4.69, 9.17) is 0 Å². The van der Waals surface area contributed by atoms with Crippen LogP contribution in [0.2, 0.25) is 0 Å². The second-order valence-electron chi connectivity index (χ2n) is 10.1. The molecule has 1 aliphatic rings. The van der Waals surface area contributed by atoms with Gasteiger partial charge in [-0.2, -0.15) is 0 Å². The van der Waals surface area contributed by atoms with Crippen molar-refractivity contribution in [1.82, 2.24) is 0 Å². The second-order valence-corrected chi connectivity index (χ2v) is 13.2. The summed E-state index contributed by atoms with van der Waals surface area (Å²) in [5, 5.41) is 0. The molecule has 1 fully saturated rings. The fraction of sp³-hybridized carbons (Fsp3) is 0.750. The summed E-state index contributed by atoms with van der Waals surface area (Å²) < 4.78 is 14.3. The van der Waals surface area contributed by atoms with Gasteiger partial charge in [0.15, 0.2) is 7.14 Å². The molecule has 0 saturated heterocycles. The van der Waals surface area contributed by atoms with Crippen molar-refractivity contribution in [3.8, 4) is 0 Å². The lowest BCUT2D eigenvalue weighted by Crippen LogP contribution is -2.22. The molecule has 1 unspecified atom stereocenters. The molecule has 0 aromatic heterocycles. The van der Waals surface area contributed by atoms with Gasteiger partial charge in [0.05, 0.1) is 0 Å². The first-order valence-corrected chi connectivity index (χ1v) is 15.1. The normalized spacial score (nSPS) is 16.9. The van der Waals surface area contributed by atoms with Crippen molar-refractivity contribution in [2.45, 2.75) is 130 Å². The van der Waals surface area contributed by atoms with Crippen LogP contribution in [0.5, 0.6) is 0 Å². The van der Waals surface area contributed by atoms with Crippen LogP contribution in [0.25, 0.3) is 0 Å². The highest BCUT2D eigenvalue weighted by atomic mass is 31.2. The lowest BCUT2D eigenvalue weighted by atomic mass is 10.0. The number of carbonyl (C=O) groups excluding carboxylic acids is 1. The van der Waals surface area contributed by atoms with E-state index < -0.39 is 7.14 Å². The van der Waals surface area contributed by atoms with Gasteiger partial charge < -0.3 is 4.57 Å². The zero-order valence-electron chi connectivity index (χ0n) is 20.8. The Morgan fingerprint density at radius 1 is 0.806 bits per heavy atom. The Kier molecular flexibility index (Phi) is 11.6. The van der Waals surface area contributed by atoms with Crippen molar-refractivity contribution in [2.24, 2.45) is 0 Å². The van der Waals surface area contributed by atoms with Crippen molar-refractivity contribution in [3.05, 3.63) is 34.4 Å². The molecule has 176 valence electrons. The van der Waals surface area contributed by atoms with Crippen LogP contribution in [-0.2, 0) is 4.57 Å². The molecule has 0 spiro atoms. The van der Waals surface area contributed by atoms with Crippen LogP contribution in [0.4, 0.5) is 0 Å². The van der Waals surface area contributed by atoms with Gasteiger partial charge in [0.25, 0.3) is 0 Å². The van der Waals surface area contributed by atoms with Crippen LogP contribution in [-0.4, -0.2) is 17.3 Å². The molecule has 1 saturated carbocycles. The van der Waals surface area contributed by atoms with E-state index in [1.54, 1.807) is 0 Å². The molecule has 0 heterocycles. The molecule has 1 aromatic rings. The van der Waals surface area contributed by atoms with Crippen molar-refractivity contribution in [3.63, 3.8) is 0 Å². The maximum absolute atomic E-state index is 14.3. The molecule has 0 radical (unpaired) electrons. The number of unbranched alkanes of at least 4 members (excludes halogenated alkanes) is 9. The first-order valence-electron chi connectivity index (χ1n) is 13.1. The SMILES string of the molecule is CCCCCCCCCCCCP(=O)(C(=O)c1c(C)cc(C)cc1C)C1CCCCC1. The third kappa shape index (κ3) is 7.88. The van der Waals surface area contributed by atoms with Crippen molar-refractivity contribution in [1.29, 1.82) is 0 Å². The van der Waals surface area contributed by atoms with Crippen molar-refractivity contribution >= 4 is 12.7 Å². The number of hydrogen-bond acceptors (Lipinski definition) is 2. The van der Waals surface area contributed by atoms with Crippen LogP contribution in [0.15, 0.2) is 12.1 Å². The predicted molar refractivity (Wildman–Crippen MR) is 136 cm³/mol. The zero-order chi connectivity index (χ0) is 22.7. The average Bonchev–Trinajstić information content (AvgIpc) is 2.74. The Morgan fingerprint density at radius 3 is 1.81 bits per heavy atom. The topological polar surface area (TPSA) is 34.1 Å². The van der Waals surface area contributed by atoms with Gasteiger partial charge in [-0.3, -0.25) is 4.79 Å². The van der Waals surface area contributed by atoms with E-state index >= 15 is 0 Å². The summed E-state index contributed by atoms with van der Waals surface area (Å²) in [7, 11) is -2.89. The van der Waals surface area contributed by atoms with Gasteiger partial charge in [-0.15, -0.1) is 0 Å². The minimum absolute atomic E-state index is 0.00896. The zero-order valence-corrected chi connectivity index (χ0v) is 21.7. The molecule has 0 N–H and O–H groups in total. The number of benzene rings is 1. The minimum atomic E-state index is -2.89. The minimum Gasteiger partial charge on any atom is -0.315 e. The molecule has 1 aliphatic carbocycles. The molecule has 2 rings (SSSR count). The lowest BCUT2D eigenvalue weighted by Gasteiger charge is -2.30. The molecular formula is C28H47O2P. The summed E-state index contributed by atoms with van der Waals surface area (Å²) in [6.45, 7) is 8.36. The monoisotopic (exact) mass is 446 g/mol. The van der Waals surface area contributed by atoms with E-state index in [-0.39, 0.29) is 11.2 Å². The van der Waals surface area contributed by atoms with Crippen LogP contribution in [0.1, 0.15) is 130 Å². The van der Waals surface area contributed by atoms with Gasteiger partial charge in [-0.05, 0) is 51.2 Å². The Morgan fingerprint density at radius 2 is 1.29 bits per heavy atom. The lowest BCUT2D eigenvalue weighted by molar-refractivity contribution is 0.107. The van der Waals surface area contributed by atoms with Crippen LogP contribution >= 0.6 is 7.14 Å². The van der Waals surface area contributed by atoms with Gasteiger partial charge >= 0.3 is 0 Å². The van der Waals surface area contributed by atoms with E-state index in [9.17, 15) is 9.36 Å². The predicted octanol–water partition coefficient (Wildman–Crippen LogP) is 9.37. The molecule has 2 nitrogen and oxygen atoms in total. The summed E-state index contributed by atoms with van der Waals surface area (Å²) >= 11 is 0. The van der Waals surface area contributed by atoms with Crippen LogP contribution in [0.3, 0.4) is 0 Å². The van der Waals surface area contributed by atoms with Gasteiger partial charge in [-0.25, -0.2) is 0 Å². The van der Waals surface area contributed by atoms with Crippen molar-refractivity contribution < 1.29 is 9.36 Å². The number of rotatable bonds is 14. The third-order valence-electron chi connectivity index (χ3n) is 7.24. The van der Waals surface area contributed by atoms with E-state index in [0.29, 0.717) is 6.16 Å². The Bertz CT molecular complexity index is 708. The first-order chi connectivity index (χ1) is 14.9. The number of carbonyl (C=O) groups is 1. The van der Waals surface area contributed by atoms with Gasteiger partial charge in [-0.1, -0.05) is 102 Å². The maximum Gasteiger partial charge on any atom is 0.222 e. The van der Waals surface area contributed by atoms with Crippen LogP contribution in [0, 0.1) is 20.8 Å². The molecule has 1 aromatic carbocycles. The Balaban J connectivity index is 1.96. The molecule has 0 amide bonds. The molecule has 1 atom stereocenters. The van der Waals surface area contributed by atoms with Crippen molar-refractivity contribution in [2.75, 3.05) is 6.16 Å². The van der Waals surface area contributed by atoms with Gasteiger partial charge in [0, 0.05) is 17.4 Å².